The van der Waals surface area contributed by atoms with E-state index in [1.54, 1.807) is 0 Å². The van der Waals surface area contributed by atoms with Crippen molar-refractivity contribution in [1.29, 1.82) is 0 Å². The molecule has 0 saturated heterocycles. The van der Waals surface area contributed by atoms with Crippen LogP contribution in [0.1, 0.15) is 24.5 Å². The van der Waals surface area contributed by atoms with Crippen LogP contribution in [0.25, 0.3) is 0 Å². The molecule has 3 aromatic carbocycles. The van der Waals surface area contributed by atoms with E-state index in [9.17, 15) is 0 Å². The minimum Gasteiger partial charge on any atom is -0.311 e. The Morgan fingerprint density at radius 3 is 1.67 bits per heavy atom. The first-order valence-electron chi connectivity index (χ1n) is 8.38. The molecular weight excluding hydrogens is 358 g/mol. The predicted octanol–water partition coefficient (Wildman–Crippen LogP) is 7.18. The molecule has 0 bridgehead atoms. The van der Waals surface area contributed by atoms with Crippen molar-refractivity contribution in [2.24, 2.45) is 0 Å². The summed E-state index contributed by atoms with van der Waals surface area (Å²) in [5.74, 6) is 0. The molecule has 1 nitrogen and oxygen atoms in total. The van der Waals surface area contributed by atoms with Crippen LogP contribution in [0.2, 0.25) is 0 Å². The lowest BCUT2D eigenvalue weighted by Crippen LogP contribution is -2.09. The Bertz CT molecular complexity index is 728. The number of nitrogens with zero attached hydrogens (tertiary/aromatic N) is 1. The van der Waals surface area contributed by atoms with E-state index in [-0.39, 0.29) is 0 Å². The fourth-order valence-electron chi connectivity index (χ4n) is 2.83. The molecule has 0 aliphatic heterocycles. The fourth-order valence-corrected chi connectivity index (χ4v) is 3.10. The molecule has 0 aliphatic rings. The first kappa shape index (κ1) is 16.8. The molecule has 0 fully saturated rings. The molecule has 3 aromatic rings. The van der Waals surface area contributed by atoms with E-state index in [1.165, 1.54) is 28.9 Å². The monoisotopic (exact) mass is 379 g/mol. The third kappa shape index (κ3) is 3.88. The Morgan fingerprint density at radius 1 is 0.708 bits per heavy atom. The average Bonchev–Trinajstić information content (AvgIpc) is 2.60. The largest absolute Gasteiger partial charge is 0.311 e. The van der Waals surface area contributed by atoms with Gasteiger partial charge in [0.25, 0.3) is 0 Å². The summed E-state index contributed by atoms with van der Waals surface area (Å²) < 4.78 is 1.09. The Labute approximate surface area is 153 Å². The third-order valence-corrected chi connectivity index (χ3v) is 4.64. The molecule has 0 aromatic heterocycles. The van der Waals surface area contributed by atoms with Gasteiger partial charge >= 0.3 is 0 Å². The lowest BCUT2D eigenvalue weighted by molar-refractivity contribution is 0.922. The Morgan fingerprint density at radius 2 is 1.17 bits per heavy atom. The summed E-state index contributed by atoms with van der Waals surface area (Å²) in [6.45, 7) is 4.33. The van der Waals surface area contributed by atoms with Gasteiger partial charge in [-0.1, -0.05) is 59.1 Å². The van der Waals surface area contributed by atoms with Crippen LogP contribution < -0.4 is 4.90 Å². The van der Waals surface area contributed by atoms with Gasteiger partial charge in [-0.15, -0.1) is 0 Å². The van der Waals surface area contributed by atoms with Gasteiger partial charge in [-0.3, -0.25) is 0 Å². The lowest BCUT2D eigenvalue weighted by atomic mass is 10.1. The summed E-state index contributed by atoms with van der Waals surface area (Å²) in [6.07, 6.45) is 2.30. The quantitative estimate of drug-likeness (QED) is 0.453. The van der Waals surface area contributed by atoms with Crippen molar-refractivity contribution >= 4 is 33.0 Å². The van der Waals surface area contributed by atoms with Crippen LogP contribution >= 0.6 is 15.9 Å². The Kier molecular flexibility index (Phi) is 5.37. The summed E-state index contributed by atoms with van der Waals surface area (Å²) in [7, 11) is 0. The molecule has 0 spiro atoms. The summed E-state index contributed by atoms with van der Waals surface area (Å²) in [5, 5.41) is 0. The second kappa shape index (κ2) is 7.67. The summed E-state index contributed by atoms with van der Waals surface area (Å²) in [5.41, 5.74) is 6.17. The number of hydrogen-bond donors (Lipinski definition) is 0. The highest BCUT2D eigenvalue weighted by Gasteiger charge is 2.12. The molecule has 0 saturated carbocycles. The van der Waals surface area contributed by atoms with Crippen molar-refractivity contribution in [1.82, 2.24) is 0 Å². The molecule has 2 heteroatoms. The lowest BCUT2D eigenvalue weighted by Gasteiger charge is -2.26. The molecule has 0 amide bonds. The van der Waals surface area contributed by atoms with Gasteiger partial charge in [0.2, 0.25) is 0 Å². The summed E-state index contributed by atoms with van der Waals surface area (Å²) >= 11 is 3.52. The van der Waals surface area contributed by atoms with Gasteiger partial charge in [0.1, 0.15) is 0 Å². The van der Waals surface area contributed by atoms with Crippen LogP contribution in [0.3, 0.4) is 0 Å². The number of anilines is 3. The van der Waals surface area contributed by atoms with Crippen molar-refractivity contribution in [3.63, 3.8) is 0 Å². The molecule has 0 atom stereocenters. The summed E-state index contributed by atoms with van der Waals surface area (Å²) in [4.78, 5) is 2.29. The van der Waals surface area contributed by atoms with E-state index in [0.717, 1.165) is 16.6 Å². The Balaban J connectivity index is 2.04. The van der Waals surface area contributed by atoms with E-state index < -0.39 is 0 Å². The van der Waals surface area contributed by atoms with E-state index >= 15 is 0 Å². The average molecular weight is 380 g/mol. The first-order chi connectivity index (χ1) is 11.7. The zero-order chi connectivity index (χ0) is 16.9. The van der Waals surface area contributed by atoms with Gasteiger partial charge < -0.3 is 4.90 Å². The second-order valence-electron chi connectivity index (χ2n) is 6.06. The SMILES string of the molecule is CCCc1ccc(N(c2ccc(C)cc2)c2ccc(Br)cc2)cc1. The van der Waals surface area contributed by atoms with Gasteiger partial charge in [0, 0.05) is 21.5 Å². The molecule has 0 N–H and O–H groups in total. The minimum absolute atomic E-state index is 1.09. The van der Waals surface area contributed by atoms with E-state index in [4.69, 9.17) is 0 Å². The van der Waals surface area contributed by atoms with Crippen molar-refractivity contribution in [2.45, 2.75) is 26.7 Å². The zero-order valence-electron chi connectivity index (χ0n) is 14.2. The normalized spacial score (nSPS) is 10.6. The van der Waals surface area contributed by atoms with E-state index in [1.807, 2.05) is 0 Å². The van der Waals surface area contributed by atoms with Crippen molar-refractivity contribution in [2.75, 3.05) is 4.90 Å². The molecule has 122 valence electrons. The maximum absolute atomic E-state index is 3.52. The van der Waals surface area contributed by atoms with Gasteiger partial charge in [-0.05, 0) is 67.4 Å². The highest BCUT2D eigenvalue weighted by molar-refractivity contribution is 9.10. The van der Waals surface area contributed by atoms with Gasteiger partial charge in [-0.25, -0.2) is 0 Å². The topological polar surface area (TPSA) is 3.24 Å². The highest BCUT2D eigenvalue weighted by atomic mass is 79.9. The summed E-state index contributed by atoms with van der Waals surface area (Å²) in [6, 6.07) is 26.0. The van der Waals surface area contributed by atoms with Crippen LogP contribution in [-0.2, 0) is 6.42 Å². The molecule has 0 aliphatic carbocycles. The number of aryl methyl sites for hydroxylation is 2. The number of benzene rings is 3. The number of halogens is 1. The molecule has 3 rings (SSSR count). The Hall–Kier alpha value is -2.06. The fraction of sp³-hybridized carbons (Fsp3) is 0.182. The molecular formula is C22H22BrN. The first-order valence-corrected chi connectivity index (χ1v) is 9.18. The maximum Gasteiger partial charge on any atom is 0.0462 e. The minimum atomic E-state index is 1.09. The highest BCUT2D eigenvalue weighted by Crippen LogP contribution is 2.35. The smallest absolute Gasteiger partial charge is 0.0462 e. The van der Waals surface area contributed by atoms with Gasteiger partial charge in [-0.2, -0.15) is 0 Å². The van der Waals surface area contributed by atoms with Gasteiger partial charge in [0.05, 0.1) is 0 Å². The van der Waals surface area contributed by atoms with Crippen LogP contribution in [0.5, 0.6) is 0 Å². The van der Waals surface area contributed by atoms with Crippen molar-refractivity contribution < 1.29 is 0 Å². The van der Waals surface area contributed by atoms with Gasteiger partial charge in [0.15, 0.2) is 0 Å². The standard InChI is InChI=1S/C22H22BrN/c1-3-4-18-7-13-21(14-8-18)24(20-11-5-17(2)6-12-20)22-15-9-19(23)10-16-22/h5-16H,3-4H2,1-2H3. The third-order valence-electron chi connectivity index (χ3n) is 4.11. The maximum atomic E-state index is 3.52. The zero-order valence-corrected chi connectivity index (χ0v) is 15.8. The number of hydrogen-bond acceptors (Lipinski definition) is 1. The molecule has 0 radical (unpaired) electrons. The van der Waals surface area contributed by atoms with E-state index in [2.05, 4.69) is 107 Å². The van der Waals surface area contributed by atoms with Crippen LogP contribution in [-0.4, -0.2) is 0 Å². The van der Waals surface area contributed by atoms with Crippen molar-refractivity contribution in [3.8, 4) is 0 Å². The van der Waals surface area contributed by atoms with Crippen molar-refractivity contribution in [3.05, 3.63) is 88.4 Å². The molecule has 0 heterocycles. The molecule has 0 unspecified atom stereocenters. The van der Waals surface area contributed by atoms with Crippen LogP contribution in [0.4, 0.5) is 17.1 Å². The predicted molar refractivity (Wildman–Crippen MR) is 108 cm³/mol. The second-order valence-corrected chi connectivity index (χ2v) is 6.98. The van der Waals surface area contributed by atoms with Crippen LogP contribution in [0, 0.1) is 6.92 Å². The van der Waals surface area contributed by atoms with E-state index in [0.29, 0.717) is 0 Å². The molecule has 24 heavy (non-hydrogen) atoms. The number of rotatable bonds is 5. The van der Waals surface area contributed by atoms with Crippen LogP contribution in [0.15, 0.2) is 77.3 Å².